The zero-order valence-corrected chi connectivity index (χ0v) is 14.6. The summed E-state index contributed by atoms with van der Waals surface area (Å²) < 4.78 is 28.4. The molecular weight excluding hydrogens is 352 g/mol. The molecule has 0 bridgehead atoms. The van der Waals surface area contributed by atoms with Crippen molar-refractivity contribution < 1.29 is 8.42 Å². The SMILES string of the molecule is CC1CCN(S(=O)(=O)c2cncc(Br)c2)C2CCCCC12. The van der Waals surface area contributed by atoms with Crippen molar-refractivity contribution in [2.24, 2.45) is 11.8 Å². The van der Waals surface area contributed by atoms with Crippen LogP contribution in [0.25, 0.3) is 0 Å². The van der Waals surface area contributed by atoms with Crippen molar-refractivity contribution in [2.75, 3.05) is 6.54 Å². The van der Waals surface area contributed by atoms with Crippen LogP contribution in [0.3, 0.4) is 0 Å². The van der Waals surface area contributed by atoms with Gasteiger partial charge in [0.05, 0.1) is 0 Å². The van der Waals surface area contributed by atoms with E-state index < -0.39 is 10.0 Å². The Labute approximate surface area is 135 Å². The second-order valence-corrected chi connectivity index (χ2v) is 9.04. The van der Waals surface area contributed by atoms with Crippen LogP contribution in [0.5, 0.6) is 0 Å². The van der Waals surface area contributed by atoms with Crippen molar-refractivity contribution in [1.82, 2.24) is 9.29 Å². The van der Waals surface area contributed by atoms with E-state index in [0.717, 1.165) is 25.7 Å². The molecule has 6 heteroatoms. The molecule has 1 aliphatic heterocycles. The molecule has 4 nitrogen and oxygen atoms in total. The van der Waals surface area contributed by atoms with E-state index in [-0.39, 0.29) is 6.04 Å². The van der Waals surface area contributed by atoms with Crippen molar-refractivity contribution in [2.45, 2.75) is 50.0 Å². The minimum atomic E-state index is -3.44. The Hall–Kier alpha value is -0.460. The molecule has 0 radical (unpaired) electrons. The average Bonchev–Trinajstić information content (AvgIpc) is 2.47. The lowest BCUT2D eigenvalue weighted by Crippen LogP contribution is -2.52. The minimum absolute atomic E-state index is 0.173. The molecule has 0 spiro atoms. The number of rotatable bonds is 2. The van der Waals surface area contributed by atoms with E-state index in [1.165, 1.54) is 12.6 Å². The van der Waals surface area contributed by atoms with Gasteiger partial charge in [0.1, 0.15) is 4.90 Å². The molecule has 1 aliphatic carbocycles. The normalized spacial score (nSPS) is 30.9. The van der Waals surface area contributed by atoms with Crippen LogP contribution in [0.1, 0.15) is 39.0 Å². The molecular formula is C15H21BrN2O2S. The van der Waals surface area contributed by atoms with Crippen molar-refractivity contribution in [3.63, 3.8) is 0 Å². The highest BCUT2D eigenvalue weighted by Gasteiger charge is 2.42. The fourth-order valence-corrected chi connectivity index (χ4v) is 6.06. The van der Waals surface area contributed by atoms with E-state index in [4.69, 9.17) is 0 Å². The molecule has 21 heavy (non-hydrogen) atoms. The van der Waals surface area contributed by atoms with Gasteiger partial charge in [0, 0.05) is 29.5 Å². The lowest BCUT2D eigenvalue weighted by Gasteiger charge is -2.46. The fraction of sp³-hybridized carbons (Fsp3) is 0.667. The first kappa shape index (κ1) is 15.4. The van der Waals surface area contributed by atoms with Crippen molar-refractivity contribution >= 4 is 26.0 Å². The molecule has 1 aromatic heterocycles. The van der Waals surface area contributed by atoms with Gasteiger partial charge in [-0.25, -0.2) is 8.42 Å². The van der Waals surface area contributed by atoms with E-state index in [9.17, 15) is 8.42 Å². The summed E-state index contributed by atoms with van der Waals surface area (Å²) in [6, 6.07) is 1.82. The fourth-order valence-electron chi connectivity index (χ4n) is 3.84. The van der Waals surface area contributed by atoms with Gasteiger partial charge in [0.15, 0.2) is 0 Å². The van der Waals surface area contributed by atoms with Gasteiger partial charge in [0.25, 0.3) is 0 Å². The maximum atomic E-state index is 13.0. The monoisotopic (exact) mass is 372 g/mol. The van der Waals surface area contributed by atoms with Gasteiger partial charge in [0.2, 0.25) is 10.0 Å². The number of pyridine rings is 1. The first-order valence-electron chi connectivity index (χ1n) is 7.62. The van der Waals surface area contributed by atoms with Crippen LogP contribution < -0.4 is 0 Å². The van der Waals surface area contributed by atoms with Gasteiger partial charge in [-0.15, -0.1) is 0 Å². The average molecular weight is 373 g/mol. The van der Waals surface area contributed by atoms with Gasteiger partial charge >= 0.3 is 0 Å². The molecule has 3 rings (SSSR count). The number of aromatic nitrogens is 1. The summed E-state index contributed by atoms with van der Waals surface area (Å²) in [5, 5.41) is 0. The third kappa shape index (κ3) is 2.90. The summed E-state index contributed by atoms with van der Waals surface area (Å²) in [5.74, 6) is 1.14. The van der Waals surface area contributed by atoms with Crippen molar-refractivity contribution in [3.8, 4) is 0 Å². The number of halogens is 1. The number of hydrogen-bond donors (Lipinski definition) is 0. The van der Waals surface area contributed by atoms with E-state index in [1.54, 1.807) is 16.6 Å². The molecule has 116 valence electrons. The van der Waals surface area contributed by atoms with Crippen LogP contribution in [0.4, 0.5) is 0 Å². The Morgan fingerprint density at radius 1 is 1.24 bits per heavy atom. The second kappa shape index (κ2) is 5.97. The van der Waals surface area contributed by atoms with Gasteiger partial charge in [-0.3, -0.25) is 4.98 Å². The van der Waals surface area contributed by atoms with Crippen LogP contribution in [0, 0.1) is 11.8 Å². The highest BCUT2D eigenvalue weighted by atomic mass is 79.9. The molecule has 2 fully saturated rings. The van der Waals surface area contributed by atoms with Gasteiger partial charge < -0.3 is 0 Å². The summed E-state index contributed by atoms with van der Waals surface area (Å²) in [5.41, 5.74) is 0. The Bertz CT molecular complexity index is 620. The Kier molecular flexibility index (Phi) is 4.39. The summed E-state index contributed by atoms with van der Waals surface area (Å²) in [6.45, 7) is 2.91. The lowest BCUT2D eigenvalue weighted by atomic mass is 9.74. The lowest BCUT2D eigenvalue weighted by molar-refractivity contribution is 0.0827. The standard InChI is InChI=1S/C15H21BrN2O2S/c1-11-6-7-18(15-5-3-2-4-14(11)15)21(19,20)13-8-12(16)9-17-10-13/h8-11,14-15H,2-7H2,1H3. The van der Waals surface area contributed by atoms with E-state index in [1.807, 2.05) is 0 Å². The molecule has 2 heterocycles. The van der Waals surface area contributed by atoms with E-state index in [0.29, 0.717) is 27.7 Å². The second-order valence-electron chi connectivity index (χ2n) is 6.24. The Morgan fingerprint density at radius 2 is 2.00 bits per heavy atom. The van der Waals surface area contributed by atoms with Gasteiger partial charge in [-0.2, -0.15) is 4.31 Å². The first-order chi connectivity index (χ1) is 10.00. The summed E-state index contributed by atoms with van der Waals surface area (Å²) >= 11 is 3.31. The van der Waals surface area contributed by atoms with Crippen LogP contribution in [0.15, 0.2) is 27.8 Å². The molecule has 3 atom stereocenters. The first-order valence-corrected chi connectivity index (χ1v) is 9.86. The summed E-state index contributed by atoms with van der Waals surface area (Å²) in [4.78, 5) is 4.31. The zero-order valence-electron chi connectivity index (χ0n) is 12.2. The Balaban J connectivity index is 1.94. The predicted octanol–water partition coefficient (Wildman–Crippen LogP) is 3.43. The highest BCUT2D eigenvalue weighted by Crippen LogP contribution is 2.41. The summed E-state index contributed by atoms with van der Waals surface area (Å²) in [7, 11) is -3.44. The molecule has 2 aliphatic rings. The van der Waals surface area contributed by atoms with Gasteiger partial charge in [-0.05, 0) is 53.1 Å². The van der Waals surface area contributed by atoms with Crippen LogP contribution in [-0.4, -0.2) is 30.3 Å². The summed E-state index contributed by atoms with van der Waals surface area (Å²) in [6.07, 6.45) is 8.55. The molecule has 0 aromatic carbocycles. The molecule has 1 saturated carbocycles. The Morgan fingerprint density at radius 3 is 2.76 bits per heavy atom. The zero-order chi connectivity index (χ0) is 15.0. The largest absolute Gasteiger partial charge is 0.262 e. The van der Waals surface area contributed by atoms with Crippen LogP contribution in [-0.2, 0) is 10.0 Å². The molecule has 0 amide bonds. The van der Waals surface area contributed by atoms with E-state index in [2.05, 4.69) is 27.8 Å². The maximum absolute atomic E-state index is 13.0. The third-order valence-corrected chi connectivity index (χ3v) is 7.30. The molecule has 1 aromatic rings. The topological polar surface area (TPSA) is 50.3 Å². The highest BCUT2D eigenvalue weighted by molar-refractivity contribution is 9.10. The van der Waals surface area contributed by atoms with Crippen molar-refractivity contribution in [3.05, 3.63) is 22.9 Å². The molecule has 1 saturated heterocycles. The number of nitrogens with zero attached hydrogens (tertiary/aromatic N) is 2. The van der Waals surface area contributed by atoms with Crippen LogP contribution >= 0.6 is 15.9 Å². The van der Waals surface area contributed by atoms with Crippen LogP contribution in [0.2, 0.25) is 0 Å². The molecule has 0 N–H and O–H groups in total. The molecule has 3 unspecified atom stereocenters. The smallest absolute Gasteiger partial charge is 0.244 e. The van der Waals surface area contributed by atoms with Crippen molar-refractivity contribution in [1.29, 1.82) is 0 Å². The predicted molar refractivity (Wildman–Crippen MR) is 85.4 cm³/mol. The number of hydrogen-bond acceptors (Lipinski definition) is 3. The quantitative estimate of drug-likeness (QED) is 0.798. The number of sulfonamides is 1. The maximum Gasteiger partial charge on any atom is 0.244 e. The minimum Gasteiger partial charge on any atom is -0.262 e. The van der Waals surface area contributed by atoms with E-state index >= 15 is 0 Å². The third-order valence-electron chi connectivity index (χ3n) is 4.97. The number of fused-ring (bicyclic) bond motifs is 1. The van der Waals surface area contributed by atoms with Gasteiger partial charge in [-0.1, -0.05) is 19.8 Å². The number of piperidine rings is 1.